The third-order valence-corrected chi connectivity index (χ3v) is 5.37. The molecule has 0 aliphatic heterocycles. The van der Waals surface area contributed by atoms with E-state index in [0.717, 1.165) is 12.1 Å². The summed E-state index contributed by atoms with van der Waals surface area (Å²) in [6, 6.07) is 6.49. The molecule has 4 N–H and O–H groups in total. The number of nitrogens with one attached hydrogen (secondary N) is 1. The first-order chi connectivity index (χ1) is 14.4. The number of aromatic nitrogens is 3. The minimum absolute atomic E-state index is 0.0491. The van der Waals surface area contributed by atoms with Gasteiger partial charge in [0.25, 0.3) is 0 Å². The van der Waals surface area contributed by atoms with Crippen molar-refractivity contribution in [2.45, 2.75) is 18.4 Å². The van der Waals surface area contributed by atoms with Crippen molar-refractivity contribution in [2.75, 3.05) is 10.5 Å². The smallest absolute Gasteiger partial charge is 0.156 e. The van der Waals surface area contributed by atoms with Crippen LogP contribution in [0.15, 0.2) is 47.6 Å². The van der Waals surface area contributed by atoms with E-state index in [9.17, 15) is 8.78 Å². The van der Waals surface area contributed by atoms with Crippen LogP contribution in [0.1, 0.15) is 11.4 Å². The summed E-state index contributed by atoms with van der Waals surface area (Å²) in [5, 5.41) is 9.15. The summed E-state index contributed by atoms with van der Waals surface area (Å²) in [6.07, 6.45) is 3.21. The van der Waals surface area contributed by atoms with Gasteiger partial charge in [0.2, 0.25) is 0 Å². The molecule has 0 aliphatic carbocycles. The van der Waals surface area contributed by atoms with Gasteiger partial charge in [-0.1, -0.05) is 6.07 Å². The average Bonchev–Trinajstić information content (AvgIpc) is 3.07. The third-order valence-electron chi connectivity index (χ3n) is 4.53. The molecule has 2 aromatic heterocycles. The number of aryl methyl sites for hydroxylation is 1. The van der Waals surface area contributed by atoms with E-state index < -0.39 is 24.1 Å². The van der Waals surface area contributed by atoms with Gasteiger partial charge >= 0.3 is 0 Å². The van der Waals surface area contributed by atoms with Crippen molar-refractivity contribution < 1.29 is 18.3 Å². The van der Waals surface area contributed by atoms with Crippen LogP contribution in [-0.2, 0) is 6.61 Å². The quantitative estimate of drug-likeness (QED) is 0.408. The maximum Gasteiger partial charge on any atom is 0.156 e. The van der Waals surface area contributed by atoms with Gasteiger partial charge in [-0.05, 0) is 43.1 Å². The van der Waals surface area contributed by atoms with E-state index in [4.69, 9.17) is 10.8 Å². The predicted octanol–water partition coefficient (Wildman–Crippen LogP) is 4.32. The van der Waals surface area contributed by atoms with E-state index in [2.05, 4.69) is 14.7 Å². The third kappa shape index (κ3) is 3.44. The van der Waals surface area contributed by atoms with Crippen LogP contribution in [0.3, 0.4) is 0 Å². The van der Waals surface area contributed by atoms with Crippen molar-refractivity contribution in [3.63, 3.8) is 0 Å². The molecule has 0 atom stereocenters. The second-order valence-corrected chi connectivity index (χ2v) is 7.29. The average molecular weight is 431 g/mol. The Morgan fingerprint density at radius 3 is 2.77 bits per heavy atom. The first kappa shape index (κ1) is 20.0. The molecule has 0 unspecified atom stereocenters. The van der Waals surface area contributed by atoms with Crippen LogP contribution in [0.4, 0.5) is 24.7 Å². The fourth-order valence-corrected chi connectivity index (χ4v) is 3.88. The Labute approximate surface area is 173 Å². The van der Waals surface area contributed by atoms with Crippen LogP contribution in [0.25, 0.3) is 16.8 Å². The van der Waals surface area contributed by atoms with Gasteiger partial charge in [0.1, 0.15) is 34.5 Å². The molecule has 2 aromatic carbocycles. The summed E-state index contributed by atoms with van der Waals surface area (Å²) in [4.78, 5) is 8.36. The standard InChI is InChI=1S/C20H16F3N5OS/c1-10-26-18(19-20(24)25-5-6-28(10)19)13-3-2-4-14(17(13)23)27-30-15-8-12(21)7-11(9-29)16(15)22/h2-8,27,29H,9H2,1H3,(H2,24,25). The van der Waals surface area contributed by atoms with Crippen molar-refractivity contribution in [3.05, 3.63) is 71.6 Å². The molecule has 0 saturated carbocycles. The van der Waals surface area contributed by atoms with E-state index in [0.29, 0.717) is 29.0 Å². The van der Waals surface area contributed by atoms with E-state index in [1.165, 1.54) is 12.3 Å². The number of anilines is 2. The zero-order valence-electron chi connectivity index (χ0n) is 15.7. The van der Waals surface area contributed by atoms with Crippen LogP contribution in [-0.4, -0.2) is 19.5 Å². The van der Waals surface area contributed by atoms with Crippen LogP contribution < -0.4 is 10.5 Å². The Balaban J connectivity index is 1.71. The first-order valence-corrected chi connectivity index (χ1v) is 9.62. The number of imidazole rings is 1. The van der Waals surface area contributed by atoms with Crippen molar-refractivity contribution in [3.8, 4) is 11.3 Å². The molecule has 154 valence electrons. The molecule has 30 heavy (non-hydrogen) atoms. The lowest BCUT2D eigenvalue weighted by Crippen LogP contribution is -1.99. The molecule has 4 aromatic rings. The summed E-state index contributed by atoms with van der Waals surface area (Å²) < 4.78 is 47.6. The molecular weight excluding hydrogens is 415 g/mol. The second kappa shape index (κ2) is 7.88. The molecule has 2 heterocycles. The number of aliphatic hydroxyl groups is 1. The lowest BCUT2D eigenvalue weighted by Gasteiger charge is -2.11. The molecule has 0 radical (unpaired) electrons. The van der Waals surface area contributed by atoms with Gasteiger partial charge in [0, 0.05) is 23.5 Å². The van der Waals surface area contributed by atoms with Gasteiger partial charge in [0.15, 0.2) is 5.82 Å². The highest BCUT2D eigenvalue weighted by atomic mass is 32.2. The van der Waals surface area contributed by atoms with E-state index in [1.54, 1.807) is 29.7 Å². The molecule has 10 heteroatoms. The number of nitrogen functional groups attached to an aromatic ring is 1. The molecule has 0 fully saturated rings. The molecule has 0 aliphatic rings. The fraction of sp³-hybridized carbons (Fsp3) is 0.100. The molecule has 6 nitrogen and oxygen atoms in total. The molecule has 0 saturated heterocycles. The van der Waals surface area contributed by atoms with Gasteiger partial charge in [-0.25, -0.2) is 23.1 Å². The monoisotopic (exact) mass is 431 g/mol. The summed E-state index contributed by atoms with van der Waals surface area (Å²) in [5.41, 5.74) is 6.82. The summed E-state index contributed by atoms with van der Waals surface area (Å²) in [7, 11) is 0. The highest BCUT2D eigenvalue weighted by Gasteiger charge is 2.19. The summed E-state index contributed by atoms with van der Waals surface area (Å²) >= 11 is 0.695. The highest BCUT2D eigenvalue weighted by Crippen LogP contribution is 2.34. The Morgan fingerprint density at radius 1 is 1.20 bits per heavy atom. The van der Waals surface area contributed by atoms with Crippen LogP contribution in [0, 0.1) is 24.4 Å². The van der Waals surface area contributed by atoms with E-state index in [-0.39, 0.29) is 27.5 Å². The van der Waals surface area contributed by atoms with Crippen molar-refractivity contribution in [2.24, 2.45) is 0 Å². The number of rotatable bonds is 5. The lowest BCUT2D eigenvalue weighted by molar-refractivity contribution is 0.274. The van der Waals surface area contributed by atoms with Gasteiger partial charge < -0.3 is 15.6 Å². The number of halogens is 3. The Kier molecular flexibility index (Phi) is 5.27. The van der Waals surface area contributed by atoms with Gasteiger partial charge in [-0.3, -0.25) is 4.40 Å². The van der Waals surface area contributed by atoms with Crippen molar-refractivity contribution >= 4 is 29.0 Å². The SMILES string of the molecule is Cc1nc(-c2cccc(NSc3cc(F)cc(CO)c3F)c2F)c2c(N)nccn12. The number of benzene rings is 2. The number of aliphatic hydroxyl groups excluding tert-OH is 1. The Bertz CT molecular complexity index is 1260. The Hall–Kier alpha value is -3.24. The summed E-state index contributed by atoms with van der Waals surface area (Å²) in [6.45, 7) is 1.11. The first-order valence-electron chi connectivity index (χ1n) is 8.80. The zero-order valence-corrected chi connectivity index (χ0v) is 16.5. The Morgan fingerprint density at radius 2 is 2.00 bits per heavy atom. The molecule has 0 bridgehead atoms. The number of hydrogen-bond acceptors (Lipinski definition) is 6. The summed E-state index contributed by atoms with van der Waals surface area (Å²) in [5.74, 6) is -1.30. The fourth-order valence-electron chi connectivity index (χ4n) is 3.11. The lowest BCUT2D eigenvalue weighted by atomic mass is 10.1. The van der Waals surface area contributed by atoms with Crippen LogP contribution >= 0.6 is 11.9 Å². The number of nitrogens with zero attached hydrogens (tertiary/aromatic N) is 3. The van der Waals surface area contributed by atoms with Crippen molar-refractivity contribution in [1.29, 1.82) is 0 Å². The zero-order chi connectivity index (χ0) is 21.4. The molecular formula is C20H16F3N5OS. The topological polar surface area (TPSA) is 88.5 Å². The number of fused-ring (bicyclic) bond motifs is 1. The molecule has 4 rings (SSSR count). The minimum Gasteiger partial charge on any atom is -0.392 e. The highest BCUT2D eigenvalue weighted by molar-refractivity contribution is 8.00. The van der Waals surface area contributed by atoms with E-state index >= 15 is 4.39 Å². The number of hydrogen-bond donors (Lipinski definition) is 3. The molecule has 0 spiro atoms. The van der Waals surface area contributed by atoms with Crippen LogP contribution in [0.5, 0.6) is 0 Å². The van der Waals surface area contributed by atoms with Gasteiger partial charge in [0.05, 0.1) is 17.2 Å². The minimum atomic E-state index is -0.775. The predicted molar refractivity (Wildman–Crippen MR) is 109 cm³/mol. The van der Waals surface area contributed by atoms with Crippen LogP contribution in [0.2, 0.25) is 0 Å². The van der Waals surface area contributed by atoms with Crippen molar-refractivity contribution in [1.82, 2.24) is 14.4 Å². The van der Waals surface area contributed by atoms with Gasteiger partial charge in [-0.15, -0.1) is 0 Å². The second-order valence-electron chi connectivity index (χ2n) is 6.45. The maximum atomic E-state index is 15.3. The number of nitrogens with two attached hydrogens (primary N) is 1. The largest absolute Gasteiger partial charge is 0.392 e. The van der Waals surface area contributed by atoms with E-state index in [1.807, 2.05) is 0 Å². The maximum absolute atomic E-state index is 15.3. The molecule has 0 amide bonds. The normalized spacial score (nSPS) is 11.2. The van der Waals surface area contributed by atoms with Gasteiger partial charge in [-0.2, -0.15) is 0 Å².